The van der Waals surface area contributed by atoms with E-state index >= 15 is 0 Å². The number of amides is 2. The lowest BCUT2D eigenvalue weighted by Crippen LogP contribution is -2.41. The molecule has 1 atom stereocenters. The van der Waals surface area contributed by atoms with Crippen LogP contribution in [0.3, 0.4) is 0 Å². The van der Waals surface area contributed by atoms with Gasteiger partial charge in [0.1, 0.15) is 5.75 Å². The van der Waals surface area contributed by atoms with E-state index in [0.717, 1.165) is 11.8 Å². The van der Waals surface area contributed by atoms with Crippen molar-refractivity contribution in [3.8, 4) is 5.75 Å². The maximum absolute atomic E-state index is 12.5. The summed E-state index contributed by atoms with van der Waals surface area (Å²) in [6.45, 7) is 6.77. The second-order valence-corrected chi connectivity index (χ2v) is 6.40. The first-order valence-corrected chi connectivity index (χ1v) is 7.73. The van der Waals surface area contributed by atoms with Crippen LogP contribution in [0.2, 0.25) is 0 Å². The zero-order valence-electron chi connectivity index (χ0n) is 11.8. The standard InChI is InChI=1S/C15H18N2O3S/c1-3-14(19)16-11-4-5-13(18)12(8-11)15(20)17-6-7-21-10(2)9-17/h3-5,8,10,18H,1,6-7,9H2,2H3,(H,16,19). The normalized spacial score (nSPS) is 18.1. The number of hydrogen-bond acceptors (Lipinski definition) is 4. The quantitative estimate of drug-likeness (QED) is 0.663. The predicted molar refractivity (Wildman–Crippen MR) is 84.8 cm³/mol. The Hall–Kier alpha value is -1.95. The predicted octanol–water partition coefficient (Wildman–Crippen LogP) is 2.09. The van der Waals surface area contributed by atoms with Crippen LogP contribution >= 0.6 is 11.8 Å². The first-order chi connectivity index (χ1) is 10.0. The number of benzene rings is 1. The highest BCUT2D eigenvalue weighted by Crippen LogP contribution is 2.26. The molecule has 1 aromatic carbocycles. The molecule has 5 nitrogen and oxygen atoms in total. The smallest absolute Gasteiger partial charge is 0.257 e. The molecule has 1 fully saturated rings. The van der Waals surface area contributed by atoms with Crippen molar-refractivity contribution in [1.29, 1.82) is 0 Å². The Labute approximate surface area is 128 Å². The van der Waals surface area contributed by atoms with Crippen LogP contribution in [-0.4, -0.2) is 45.9 Å². The van der Waals surface area contributed by atoms with Crippen LogP contribution in [0.15, 0.2) is 30.9 Å². The largest absolute Gasteiger partial charge is 0.507 e. The number of phenols is 1. The Kier molecular flexibility index (Phi) is 4.90. The molecule has 1 aliphatic heterocycles. The Morgan fingerprint density at radius 1 is 1.52 bits per heavy atom. The third-order valence-corrected chi connectivity index (χ3v) is 4.34. The average Bonchev–Trinajstić information content (AvgIpc) is 2.48. The minimum atomic E-state index is -0.359. The van der Waals surface area contributed by atoms with E-state index in [2.05, 4.69) is 18.8 Å². The molecule has 1 aromatic rings. The Morgan fingerprint density at radius 3 is 2.95 bits per heavy atom. The van der Waals surface area contributed by atoms with Crippen molar-refractivity contribution in [3.63, 3.8) is 0 Å². The molecule has 0 aromatic heterocycles. The molecule has 2 amide bonds. The molecule has 0 bridgehead atoms. The first-order valence-electron chi connectivity index (χ1n) is 6.68. The van der Waals surface area contributed by atoms with E-state index in [-0.39, 0.29) is 23.1 Å². The van der Waals surface area contributed by atoms with Gasteiger partial charge in [-0.2, -0.15) is 11.8 Å². The summed E-state index contributed by atoms with van der Waals surface area (Å²) in [4.78, 5) is 25.5. The minimum Gasteiger partial charge on any atom is -0.507 e. The van der Waals surface area contributed by atoms with Gasteiger partial charge in [-0.1, -0.05) is 13.5 Å². The molecule has 6 heteroatoms. The fourth-order valence-corrected chi connectivity index (χ4v) is 3.17. The highest BCUT2D eigenvalue weighted by atomic mass is 32.2. The molecular formula is C15H18N2O3S. The van der Waals surface area contributed by atoms with Gasteiger partial charge in [0, 0.05) is 29.8 Å². The van der Waals surface area contributed by atoms with Crippen LogP contribution in [0.4, 0.5) is 5.69 Å². The molecule has 1 heterocycles. The SMILES string of the molecule is C=CC(=O)Nc1ccc(O)c(C(=O)N2CCSC(C)C2)c1. The van der Waals surface area contributed by atoms with Crippen molar-refractivity contribution in [3.05, 3.63) is 36.4 Å². The zero-order chi connectivity index (χ0) is 15.4. The van der Waals surface area contributed by atoms with Crippen LogP contribution in [0.1, 0.15) is 17.3 Å². The molecule has 1 saturated heterocycles. The first kappa shape index (κ1) is 15.4. The van der Waals surface area contributed by atoms with Gasteiger partial charge in [-0.3, -0.25) is 9.59 Å². The lowest BCUT2D eigenvalue weighted by Gasteiger charge is -2.30. The van der Waals surface area contributed by atoms with Gasteiger partial charge in [-0.25, -0.2) is 0 Å². The van der Waals surface area contributed by atoms with Crippen LogP contribution < -0.4 is 5.32 Å². The van der Waals surface area contributed by atoms with Gasteiger partial charge < -0.3 is 15.3 Å². The summed E-state index contributed by atoms with van der Waals surface area (Å²) >= 11 is 1.83. The van der Waals surface area contributed by atoms with Crippen molar-refractivity contribution in [2.75, 3.05) is 24.2 Å². The molecule has 21 heavy (non-hydrogen) atoms. The maximum Gasteiger partial charge on any atom is 0.257 e. The fourth-order valence-electron chi connectivity index (χ4n) is 2.15. The molecule has 1 unspecified atom stereocenters. The third-order valence-electron chi connectivity index (χ3n) is 3.21. The molecule has 112 valence electrons. The third kappa shape index (κ3) is 3.78. The molecule has 2 rings (SSSR count). The summed E-state index contributed by atoms with van der Waals surface area (Å²) in [6.07, 6.45) is 1.15. The number of nitrogens with zero attached hydrogens (tertiary/aromatic N) is 1. The van der Waals surface area contributed by atoms with Crippen LogP contribution in [0.25, 0.3) is 0 Å². The number of carbonyl (C=O) groups is 2. The van der Waals surface area contributed by atoms with E-state index in [0.29, 0.717) is 24.0 Å². The average molecular weight is 306 g/mol. The van der Waals surface area contributed by atoms with Gasteiger partial charge in [0.15, 0.2) is 0 Å². The van der Waals surface area contributed by atoms with E-state index in [4.69, 9.17) is 0 Å². The molecule has 2 N–H and O–H groups in total. The van der Waals surface area contributed by atoms with Gasteiger partial charge in [0.05, 0.1) is 5.56 Å². The van der Waals surface area contributed by atoms with E-state index in [9.17, 15) is 14.7 Å². The number of hydrogen-bond donors (Lipinski definition) is 2. The number of phenolic OH excluding ortho intramolecular Hbond substituents is 1. The van der Waals surface area contributed by atoms with Crippen LogP contribution in [0.5, 0.6) is 5.75 Å². The van der Waals surface area contributed by atoms with Crippen LogP contribution in [0, 0.1) is 0 Å². The topological polar surface area (TPSA) is 69.6 Å². The molecule has 0 aliphatic carbocycles. The summed E-state index contributed by atoms with van der Waals surface area (Å²) in [5, 5.41) is 12.9. The Bertz CT molecular complexity index is 574. The summed E-state index contributed by atoms with van der Waals surface area (Å²) in [6, 6.07) is 4.45. The van der Waals surface area contributed by atoms with E-state index in [1.165, 1.54) is 12.1 Å². The van der Waals surface area contributed by atoms with Gasteiger partial charge in [-0.05, 0) is 24.3 Å². The number of thioether (sulfide) groups is 1. The lowest BCUT2D eigenvalue weighted by atomic mass is 10.1. The fraction of sp³-hybridized carbons (Fsp3) is 0.333. The molecular weight excluding hydrogens is 288 g/mol. The monoisotopic (exact) mass is 306 g/mol. The molecule has 1 aliphatic rings. The van der Waals surface area contributed by atoms with Crippen molar-refractivity contribution in [1.82, 2.24) is 4.90 Å². The maximum atomic E-state index is 12.5. The Morgan fingerprint density at radius 2 is 2.29 bits per heavy atom. The van der Waals surface area contributed by atoms with Gasteiger partial charge in [0.2, 0.25) is 5.91 Å². The minimum absolute atomic E-state index is 0.0810. The number of aromatic hydroxyl groups is 1. The van der Waals surface area contributed by atoms with Crippen molar-refractivity contribution >= 4 is 29.3 Å². The number of rotatable bonds is 3. The van der Waals surface area contributed by atoms with E-state index < -0.39 is 0 Å². The lowest BCUT2D eigenvalue weighted by molar-refractivity contribution is -0.111. The summed E-state index contributed by atoms with van der Waals surface area (Å²) < 4.78 is 0. The van der Waals surface area contributed by atoms with E-state index in [1.54, 1.807) is 11.0 Å². The highest BCUT2D eigenvalue weighted by Gasteiger charge is 2.24. The highest BCUT2D eigenvalue weighted by molar-refractivity contribution is 7.99. The molecule has 0 spiro atoms. The molecule has 0 saturated carbocycles. The van der Waals surface area contributed by atoms with Crippen molar-refractivity contribution in [2.45, 2.75) is 12.2 Å². The summed E-state index contributed by atoms with van der Waals surface area (Å²) in [5.41, 5.74) is 0.663. The molecule has 0 radical (unpaired) electrons. The Balaban J connectivity index is 2.21. The van der Waals surface area contributed by atoms with Crippen molar-refractivity contribution in [2.24, 2.45) is 0 Å². The van der Waals surface area contributed by atoms with Gasteiger partial charge in [-0.15, -0.1) is 0 Å². The van der Waals surface area contributed by atoms with Gasteiger partial charge in [0.25, 0.3) is 5.91 Å². The number of anilines is 1. The van der Waals surface area contributed by atoms with Crippen molar-refractivity contribution < 1.29 is 14.7 Å². The zero-order valence-corrected chi connectivity index (χ0v) is 12.7. The number of nitrogens with one attached hydrogen (secondary N) is 1. The summed E-state index contributed by atoms with van der Waals surface area (Å²) in [7, 11) is 0. The second kappa shape index (κ2) is 6.67. The van der Waals surface area contributed by atoms with E-state index in [1.807, 2.05) is 11.8 Å². The van der Waals surface area contributed by atoms with Gasteiger partial charge >= 0.3 is 0 Å². The van der Waals surface area contributed by atoms with Crippen LogP contribution in [-0.2, 0) is 4.79 Å². The second-order valence-electron chi connectivity index (χ2n) is 4.86. The summed E-state index contributed by atoms with van der Waals surface area (Å²) in [5.74, 6) is 0.236. The number of carbonyl (C=O) groups excluding carboxylic acids is 2.